The van der Waals surface area contributed by atoms with Crippen LogP contribution in [0.1, 0.15) is 23.1 Å². The fraction of sp³-hybridized carbons (Fsp3) is 0.200. The summed E-state index contributed by atoms with van der Waals surface area (Å²) in [4.78, 5) is 26.5. The van der Waals surface area contributed by atoms with Gasteiger partial charge in [-0.25, -0.2) is 0 Å². The van der Waals surface area contributed by atoms with Crippen LogP contribution in [0.5, 0.6) is 5.75 Å². The van der Waals surface area contributed by atoms with Gasteiger partial charge in [-0.05, 0) is 36.6 Å². The fourth-order valence-electron chi connectivity index (χ4n) is 3.46. The molecule has 0 aliphatic carbocycles. The molecule has 1 aliphatic rings. The number of nitrogens with zero attached hydrogens (tertiary/aromatic N) is 1. The van der Waals surface area contributed by atoms with Gasteiger partial charge < -0.3 is 15.0 Å². The molecule has 0 fully saturated rings. The topological polar surface area (TPSA) is 58.6 Å². The molecule has 3 aromatic rings. The van der Waals surface area contributed by atoms with Gasteiger partial charge in [0, 0.05) is 18.2 Å². The summed E-state index contributed by atoms with van der Waals surface area (Å²) < 4.78 is 5.62. The molecule has 152 valence electrons. The average molecular weight is 400 g/mol. The van der Waals surface area contributed by atoms with E-state index >= 15 is 0 Å². The number of hydrogen-bond acceptors (Lipinski definition) is 3. The molecule has 5 heteroatoms. The number of anilines is 2. The number of hydrogen-bond donors (Lipinski definition) is 1. The van der Waals surface area contributed by atoms with Crippen LogP contribution >= 0.6 is 0 Å². The number of benzene rings is 3. The van der Waals surface area contributed by atoms with Crippen LogP contribution < -0.4 is 15.0 Å². The van der Waals surface area contributed by atoms with E-state index in [-0.39, 0.29) is 18.4 Å². The summed E-state index contributed by atoms with van der Waals surface area (Å²) in [6.45, 7) is 2.52. The van der Waals surface area contributed by atoms with Gasteiger partial charge in [0.2, 0.25) is 5.91 Å². The molecule has 0 aromatic heterocycles. The number of fused-ring (bicyclic) bond motifs is 1. The Hall–Kier alpha value is -3.60. The van der Waals surface area contributed by atoms with Crippen LogP contribution in [0.25, 0.3) is 0 Å². The molecule has 1 heterocycles. The maximum Gasteiger partial charge on any atom is 0.265 e. The molecule has 0 saturated carbocycles. The highest BCUT2D eigenvalue weighted by molar-refractivity contribution is 5.99. The molecule has 0 atom stereocenters. The minimum Gasteiger partial charge on any atom is -0.481 e. The van der Waals surface area contributed by atoms with Gasteiger partial charge >= 0.3 is 0 Å². The maximum absolute atomic E-state index is 12.4. The van der Waals surface area contributed by atoms with Gasteiger partial charge in [-0.15, -0.1) is 0 Å². The van der Waals surface area contributed by atoms with Crippen molar-refractivity contribution in [1.82, 2.24) is 0 Å². The third-order valence-corrected chi connectivity index (χ3v) is 5.13. The van der Waals surface area contributed by atoms with E-state index in [0.717, 1.165) is 11.1 Å². The van der Waals surface area contributed by atoms with E-state index in [4.69, 9.17) is 4.74 Å². The Morgan fingerprint density at radius 2 is 1.77 bits per heavy atom. The maximum atomic E-state index is 12.4. The summed E-state index contributed by atoms with van der Waals surface area (Å²) in [6, 6.07) is 23.5. The third-order valence-electron chi connectivity index (χ3n) is 5.13. The first-order chi connectivity index (χ1) is 14.6. The lowest BCUT2D eigenvalue weighted by atomic mass is 10.1. The molecule has 0 unspecified atom stereocenters. The Bertz CT molecular complexity index is 1050. The molecule has 0 radical (unpaired) electrons. The standard InChI is InChI=1S/C25H24N2O3/c1-18-7-9-19(10-8-18)11-14-24(28)26-21-12-13-22-23(15-21)30-17-25(29)27(22)16-20-5-3-2-4-6-20/h2-10,12-13,15H,11,14,16-17H2,1H3,(H,26,28). The van der Waals surface area contributed by atoms with Gasteiger partial charge in [0.05, 0.1) is 12.2 Å². The summed E-state index contributed by atoms with van der Waals surface area (Å²) in [7, 11) is 0. The molecule has 1 aliphatic heterocycles. The average Bonchev–Trinajstić information content (AvgIpc) is 2.76. The van der Waals surface area contributed by atoms with Gasteiger partial charge in [-0.3, -0.25) is 9.59 Å². The smallest absolute Gasteiger partial charge is 0.265 e. The van der Waals surface area contributed by atoms with Crippen LogP contribution in [0.3, 0.4) is 0 Å². The van der Waals surface area contributed by atoms with E-state index in [9.17, 15) is 9.59 Å². The largest absolute Gasteiger partial charge is 0.481 e. The molecule has 1 N–H and O–H groups in total. The van der Waals surface area contributed by atoms with Gasteiger partial charge in [-0.2, -0.15) is 0 Å². The second-order valence-electron chi connectivity index (χ2n) is 7.47. The predicted octanol–water partition coefficient (Wildman–Crippen LogP) is 4.49. The van der Waals surface area contributed by atoms with Crippen molar-refractivity contribution in [2.45, 2.75) is 26.3 Å². The van der Waals surface area contributed by atoms with Gasteiger partial charge in [0.1, 0.15) is 5.75 Å². The summed E-state index contributed by atoms with van der Waals surface area (Å²) >= 11 is 0. The number of carbonyl (C=O) groups is 2. The Morgan fingerprint density at radius 1 is 1.00 bits per heavy atom. The molecular weight excluding hydrogens is 376 g/mol. The molecule has 30 heavy (non-hydrogen) atoms. The van der Waals surface area contributed by atoms with Crippen molar-refractivity contribution in [2.24, 2.45) is 0 Å². The number of nitrogens with one attached hydrogen (secondary N) is 1. The molecule has 5 nitrogen and oxygen atoms in total. The SMILES string of the molecule is Cc1ccc(CCC(=O)Nc2ccc3c(c2)OCC(=O)N3Cc2ccccc2)cc1. The first kappa shape index (κ1) is 19.7. The molecule has 3 aromatic carbocycles. The normalized spacial score (nSPS) is 12.8. The van der Waals surface area contributed by atoms with Crippen LogP contribution in [0, 0.1) is 6.92 Å². The highest BCUT2D eigenvalue weighted by Crippen LogP contribution is 2.35. The molecule has 0 bridgehead atoms. The predicted molar refractivity (Wildman–Crippen MR) is 118 cm³/mol. The van der Waals surface area contributed by atoms with Gasteiger partial charge in [0.25, 0.3) is 5.91 Å². The summed E-state index contributed by atoms with van der Waals surface area (Å²) in [6.07, 6.45) is 1.09. The first-order valence-electron chi connectivity index (χ1n) is 10.0. The van der Waals surface area contributed by atoms with E-state index < -0.39 is 0 Å². The van der Waals surface area contributed by atoms with E-state index in [1.165, 1.54) is 5.56 Å². The second kappa shape index (κ2) is 8.82. The van der Waals surface area contributed by atoms with Crippen LogP contribution in [0.15, 0.2) is 72.8 Å². The molecule has 2 amide bonds. The van der Waals surface area contributed by atoms with E-state index in [1.54, 1.807) is 11.0 Å². The van der Waals surface area contributed by atoms with Crippen LogP contribution in [-0.2, 0) is 22.6 Å². The molecular formula is C25H24N2O3. The Balaban J connectivity index is 1.42. The van der Waals surface area contributed by atoms with E-state index in [1.807, 2.05) is 61.5 Å². The van der Waals surface area contributed by atoms with Crippen molar-refractivity contribution in [2.75, 3.05) is 16.8 Å². The van der Waals surface area contributed by atoms with Crippen molar-refractivity contribution in [3.05, 3.63) is 89.5 Å². The number of aryl methyl sites for hydroxylation is 2. The minimum atomic E-state index is -0.0822. The summed E-state index contributed by atoms with van der Waals surface area (Å²) in [5.41, 5.74) is 4.77. The number of ether oxygens (including phenoxy) is 1. The van der Waals surface area contributed by atoms with Crippen molar-refractivity contribution in [3.8, 4) is 5.75 Å². The molecule has 0 saturated heterocycles. The van der Waals surface area contributed by atoms with E-state index in [0.29, 0.717) is 36.5 Å². The zero-order valence-corrected chi connectivity index (χ0v) is 16.9. The van der Waals surface area contributed by atoms with Crippen LogP contribution in [0.4, 0.5) is 11.4 Å². The van der Waals surface area contributed by atoms with Crippen LogP contribution in [0.2, 0.25) is 0 Å². The molecule has 4 rings (SSSR count). The lowest BCUT2D eigenvalue weighted by Crippen LogP contribution is -2.38. The Labute approximate surface area is 176 Å². The van der Waals surface area contributed by atoms with Crippen molar-refractivity contribution in [1.29, 1.82) is 0 Å². The quantitative estimate of drug-likeness (QED) is 0.663. The fourth-order valence-corrected chi connectivity index (χ4v) is 3.46. The zero-order valence-electron chi connectivity index (χ0n) is 16.9. The van der Waals surface area contributed by atoms with Gasteiger partial charge in [0.15, 0.2) is 6.61 Å². The Morgan fingerprint density at radius 3 is 2.53 bits per heavy atom. The lowest BCUT2D eigenvalue weighted by Gasteiger charge is -2.29. The second-order valence-corrected chi connectivity index (χ2v) is 7.47. The lowest BCUT2D eigenvalue weighted by molar-refractivity contribution is -0.121. The zero-order chi connectivity index (χ0) is 20.9. The summed E-state index contributed by atoms with van der Waals surface area (Å²) in [5, 5.41) is 2.93. The monoisotopic (exact) mass is 400 g/mol. The van der Waals surface area contributed by atoms with Gasteiger partial charge in [-0.1, -0.05) is 60.2 Å². The van der Waals surface area contributed by atoms with Crippen LogP contribution in [-0.4, -0.2) is 18.4 Å². The minimum absolute atomic E-state index is 0.00927. The number of amides is 2. The summed E-state index contributed by atoms with van der Waals surface area (Å²) in [5.74, 6) is 0.464. The number of carbonyl (C=O) groups excluding carboxylic acids is 2. The highest BCUT2D eigenvalue weighted by Gasteiger charge is 2.26. The molecule has 0 spiro atoms. The van der Waals surface area contributed by atoms with Crippen molar-refractivity contribution < 1.29 is 14.3 Å². The van der Waals surface area contributed by atoms with Crippen molar-refractivity contribution >= 4 is 23.2 Å². The Kier molecular flexibility index (Phi) is 5.80. The van der Waals surface area contributed by atoms with E-state index in [2.05, 4.69) is 17.4 Å². The first-order valence-corrected chi connectivity index (χ1v) is 10.0. The van der Waals surface area contributed by atoms with Crippen molar-refractivity contribution in [3.63, 3.8) is 0 Å². The number of rotatable bonds is 6. The third kappa shape index (κ3) is 4.69. The highest BCUT2D eigenvalue weighted by atomic mass is 16.5.